The number of alkyl halides is 3. The average Bonchev–Trinajstić information content (AvgIpc) is 3.22. The van der Waals surface area contributed by atoms with E-state index in [-0.39, 0.29) is 28.1 Å². The van der Waals surface area contributed by atoms with E-state index in [1.165, 1.54) is 34.8 Å². The van der Waals surface area contributed by atoms with E-state index in [9.17, 15) is 22.8 Å². The monoisotopic (exact) mass is 432 g/mol. The minimum absolute atomic E-state index is 0.0386. The molecule has 30 heavy (non-hydrogen) atoms. The average molecular weight is 432 g/mol. The smallest absolute Gasteiger partial charge is 0.324 e. The summed E-state index contributed by atoms with van der Waals surface area (Å²) >= 11 is 1.37. The summed E-state index contributed by atoms with van der Waals surface area (Å²) < 4.78 is 40.9. The topological polar surface area (TPSA) is 76.0 Å². The molecule has 3 aromatic rings. The highest BCUT2D eigenvalue weighted by atomic mass is 32.2. The van der Waals surface area contributed by atoms with Crippen LogP contribution >= 0.6 is 11.8 Å². The maximum absolute atomic E-state index is 13.2. The number of nitrogens with zero attached hydrogens (tertiary/aromatic N) is 2. The van der Waals surface area contributed by atoms with Gasteiger partial charge in [0.1, 0.15) is 0 Å². The maximum atomic E-state index is 13.2. The molecule has 0 saturated heterocycles. The number of hydrogen-bond donors (Lipinski definition) is 2. The standard InChI is InChI=1S/C20H15F3N4O2S/c1-11-18(28)26-15-9-12(3-6-17(15)30-11)19(29)25-14-10-13(20(21,22)23)4-5-16(14)27-8-2-7-24-27/h2-11H,1H3,(H,25,29)(H,26,28)/t11-/m0/s1. The molecule has 0 saturated carbocycles. The quantitative estimate of drug-likeness (QED) is 0.636. The molecule has 4 rings (SSSR count). The molecule has 6 nitrogen and oxygen atoms in total. The Hall–Kier alpha value is -3.27. The largest absolute Gasteiger partial charge is 0.416 e. The molecule has 2 heterocycles. The van der Waals surface area contributed by atoms with Gasteiger partial charge in [0.15, 0.2) is 0 Å². The second kappa shape index (κ2) is 7.52. The van der Waals surface area contributed by atoms with Gasteiger partial charge in [0, 0.05) is 22.9 Å². The summed E-state index contributed by atoms with van der Waals surface area (Å²) in [4.78, 5) is 25.5. The molecule has 154 valence electrons. The Morgan fingerprint density at radius 1 is 1.23 bits per heavy atom. The number of amides is 2. The molecule has 0 radical (unpaired) electrons. The lowest BCUT2D eigenvalue weighted by atomic mass is 10.1. The predicted molar refractivity (Wildman–Crippen MR) is 107 cm³/mol. The fourth-order valence-corrected chi connectivity index (χ4v) is 3.90. The van der Waals surface area contributed by atoms with Gasteiger partial charge in [-0.1, -0.05) is 0 Å². The van der Waals surface area contributed by atoms with Crippen LogP contribution in [0, 0.1) is 0 Å². The van der Waals surface area contributed by atoms with Crippen molar-refractivity contribution >= 4 is 35.0 Å². The van der Waals surface area contributed by atoms with Crippen molar-refractivity contribution in [3.63, 3.8) is 0 Å². The molecule has 2 amide bonds. The van der Waals surface area contributed by atoms with Crippen LogP contribution in [0.1, 0.15) is 22.8 Å². The second-order valence-electron chi connectivity index (χ2n) is 6.59. The molecule has 1 atom stereocenters. The summed E-state index contributed by atoms with van der Waals surface area (Å²) in [6.45, 7) is 1.77. The molecule has 0 unspecified atom stereocenters. The van der Waals surface area contributed by atoms with Gasteiger partial charge in [-0.25, -0.2) is 4.68 Å². The summed E-state index contributed by atoms with van der Waals surface area (Å²) in [7, 11) is 0. The van der Waals surface area contributed by atoms with E-state index in [1.807, 2.05) is 0 Å². The first-order valence-electron chi connectivity index (χ1n) is 8.86. The number of aromatic nitrogens is 2. The predicted octanol–water partition coefficient (Wildman–Crippen LogP) is 4.58. The number of halogens is 3. The minimum atomic E-state index is -4.56. The number of nitrogens with one attached hydrogen (secondary N) is 2. The first-order chi connectivity index (χ1) is 14.2. The molecule has 0 bridgehead atoms. The van der Waals surface area contributed by atoms with Crippen molar-refractivity contribution in [2.45, 2.75) is 23.2 Å². The van der Waals surface area contributed by atoms with Crippen molar-refractivity contribution in [2.75, 3.05) is 10.6 Å². The lowest BCUT2D eigenvalue weighted by Gasteiger charge is -2.22. The number of carbonyl (C=O) groups excluding carboxylic acids is 2. The van der Waals surface area contributed by atoms with Crippen LogP contribution in [0.15, 0.2) is 59.8 Å². The summed E-state index contributed by atoms with van der Waals surface area (Å²) in [5, 5.41) is 9.04. The van der Waals surface area contributed by atoms with E-state index in [4.69, 9.17) is 0 Å². The Bertz CT molecular complexity index is 1130. The van der Waals surface area contributed by atoms with Gasteiger partial charge in [0.2, 0.25) is 5.91 Å². The molecule has 10 heteroatoms. The molecule has 1 aliphatic rings. The minimum Gasteiger partial charge on any atom is -0.324 e. The van der Waals surface area contributed by atoms with E-state index in [0.717, 1.165) is 17.0 Å². The van der Waals surface area contributed by atoms with Gasteiger partial charge in [-0.15, -0.1) is 11.8 Å². The fraction of sp³-hybridized carbons (Fsp3) is 0.150. The molecular weight excluding hydrogens is 417 g/mol. The summed E-state index contributed by atoms with van der Waals surface area (Å²) in [6, 6.07) is 9.43. The number of benzene rings is 2. The third-order valence-electron chi connectivity index (χ3n) is 4.50. The van der Waals surface area contributed by atoms with Crippen molar-refractivity contribution < 1.29 is 22.8 Å². The van der Waals surface area contributed by atoms with Gasteiger partial charge in [-0.05, 0) is 49.4 Å². The van der Waals surface area contributed by atoms with Gasteiger partial charge in [-0.2, -0.15) is 18.3 Å². The lowest BCUT2D eigenvalue weighted by Crippen LogP contribution is -2.26. The normalized spacial score (nSPS) is 16.0. The van der Waals surface area contributed by atoms with Gasteiger partial charge in [0.25, 0.3) is 5.91 Å². The molecule has 0 spiro atoms. The lowest BCUT2D eigenvalue weighted by molar-refractivity contribution is -0.137. The summed E-state index contributed by atoms with van der Waals surface area (Å²) in [5.41, 5.74) is 0.0530. The van der Waals surface area contributed by atoms with Crippen LogP contribution in [0.5, 0.6) is 0 Å². The van der Waals surface area contributed by atoms with Crippen LogP contribution in [0.2, 0.25) is 0 Å². The molecule has 2 N–H and O–H groups in total. The van der Waals surface area contributed by atoms with Crippen LogP contribution in [0.25, 0.3) is 5.69 Å². The number of rotatable bonds is 3. The van der Waals surface area contributed by atoms with Crippen LogP contribution in [0.4, 0.5) is 24.5 Å². The molecule has 2 aromatic carbocycles. The SMILES string of the molecule is C[C@@H]1Sc2ccc(C(=O)Nc3cc(C(F)(F)F)ccc3-n3cccn3)cc2NC1=O. The second-order valence-corrected chi connectivity index (χ2v) is 7.98. The van der Waals surface area contributed by atoms with Gasteiger partial charge >= 0.3 is 6.18 Å². The first kappa shape index (κ1) is 20.0. The van der Waals surface area contributed by atoms with E-state index < -0.39 is 17.6 Å². The molecule has 0 fully saturated rings. The van der Waals surface area contributed by atoms with E-state index in [2.05, 4.69) is 15.7 Å². The van der Waals surface area contributed by atoms with Crippen LogP contribution in [0.3, 0.4) is 0 Å². The Morgan fingerprint density at radius 3 is 2.73 bits per heavy atom. The number of hydrogen-bond acceptors (Lipinski definition) is 4. The molecule has 1 aromatic heterocycles. The summed E-state index contributed by atoms with van der Waals surface area (Å²) in [5.74, 6) is -0.785. The zero-order valence-electron chi connectivity index (χ0n) is 15.5. The Balaban J connectivity index is 1.67. The van der Waals surface area contributed by atoms with Crippen molar-refractivity contribution in [3.8, 4) is 5.69 Å². The van der Waals surface area contributed by atoms with E-state index in [0.29, 0.717) is 5.69 Å². The first-order valence-corrected chi connectivity index (χ1v) is 9.74. The van der Waals surface area contributed by atoms with Gasteiger partial charge < -0.3 is 10.6 Å². The third-order valence-corrected chi connectivity index (χ3v) is 5.67. The highest BCUT2D eigenvalue weighted by Gasteiger charge is 2.31. The highest BCUT2D eigenvalue weighted by molar-refractivity contribution is 8.00. The zero-order chi connectivity index (χ0) is 21.5. The Labute approximate surface area is 173 Å². The molecular formula is C20H15F3N4O2S. The third kappa shape index (κ3) is 3.90. The highest BCUT2D eigenvalue weighted by Crippen LogP contribution is 2.37. The summed E-state index contributed by atoms with van der Waals surface area (Å²) in [6.07, 6.45) is -1.52. The Kier molecular flexibility index (Phi) is 5.02. The van der Waals surface area contributed by atoms with Crippen molar-refractivity contribution in [1.29, 1.82) is 0 Å². The molecule has 1 aliphatic heterocycles. The number of carbonyl (C=O) groups is 2. The number of fused-ring (bicyclic) bond motifs is 1. The van der Waals surface area contributed by atoms with E-state index in [1.54, 1.807) is 31.3 Å². The zero-order valence-corrected chi connectivity index (χ0v) is 16.3. The van der Waals surface area contributed by atoms with E-state index >= 15 is 0 Å². The Morgan fingerprint density at radius 2 is 2.03 bits per heavy atom. The maximum Gasteiger partial charge on any atom is 0.416 e. The van der Waals surface area contributed by atoms with Crippen molar-refractivity contribution in [2.24, 2.45) is 0 Å². The van der Waals surface area contributed by atoms with Gasteiger partial charge in [0.05, 0.1) is 27.9 Å². The van der Waals surface area contributed by atoms with Crippen LogP contribution in [-0.4, -0.2) is 26.8 Å². The van der Waals surface area contributed by atoms with Crippen molar-refractivity contribution in [3.05, 3.63) is 66.0 Å². The fourth-order valence-electron chi connectivity index (χ4n) is 2.97. The van der Waals surface area contributed by atoms with Gasteiger partial charge in [-0.3, -0.25) is 9.59 Å². The number of anilines is 2. The number of thioether (sulfide) groups is 1. The van der Waals surface area contributed by atoms with Crippen molar-refractivity contribution in [1.82, 2.24) is 9.78 Å². The van der Waals surface area contributed by atoms with Crippen LogP contribution < -0.4 is 10.6 Å². The molecule has 0 aliphatic carbocycles. The van der Waals surface area contributed by atoms with Crippen LogP contribution in [-0.2, 0) is 11.0 Å².